The van der Waals surface area contributed by atoms with Gasteiger partial charge in [0.2, 0.25) is 5.95 Å². The van der Waals surface area contributed by atoms with Crippen molar-refractivity contribution in [2.75, 3.05) is 5.32 Å². The van der Waals surface area contributed by atoms with E-state index >= 15 is 0 Å². The zero-order valence-corrected chi connectivity index (χ0v) is 8.69. The van der Waals surface area contributed by atoms with Gasteiger partial charge in [-0.3, -0.25) is 14.6 Å². The largest absolute Gasteiger partial charge is 0.481 e. The van der Waals surface area contributed by atoms with Gasteiger partial charge in [0, 0.05) is 24.2 Å². The Balaban J connectivity index is 2.03. The molecule has 0 unspecified atom stereocenters. The molecule has 1 aliphatic carbocycles. The first-order valence-corrected chi connectivity index (χ1v) is 5.21. The van der Waals surface area contributed by atoms with Crippen molar-refractivity contribution in [3.05, 3.63) is 22.1 Å². The number of aromatic amines is 1. The first-order chi connectivity index (χ1) is 7.65. The highest BCUT2D eigenvalue weighted by molar-refractivity contribution is 5.67. The summed E-state index contributed by atoms with van der Waals surface area (Å²) in [5, 5.41) is 11.6. The second-order valence-electron chi connectivity index (χ2n) is 3.90. The van der Waals surface area contributed by atoms with E-state index in [-0.39, 0.29) is 18.4 Å². The lowest BCUT2D eigenvalue weighted by molar-refractivity contribution is -0.136. The number of aliphatic carboxylic acids is 1. The number of carboxylic acid groups (broad SMARTS) is 1. The van der Waals surface area contributed by atoms with E-state index in [1.165, 1.54) is 6.20 Å². The maximum atomic E-state index is 11.5. The highest BCUT2D eigenvalue weighted by Gasteiger charge is 2.21. The van der Waals surface area contributed by atoms with E-state index in [0.717, 1.165) is 12.8 Å². The van der Waals surface area contributed by atoms with E-state index in [9.17, 15) is 9.59 Å². The average Bonchev–Trinajstić information content (AvgIpc) is 3.00. The van der Waals surface area contributed by atoms with Crippen molar-refractivity contribution in [3.8, 4) is 0 Å². The van der Waals surface area contributed by atoms with Crippen molar-refractivity contribution in [3.63, 3.8) is 0 Å². The van der Waals surface area contributed by atoms with Gasteiger partial charge in [-0.25, -0.2) is 4.98 Å². The molecule has 1 saturated carbocycles. The van der Waals surface area contributed by atoms with E-state index < -0.39 is 5.97 Å². The Morgan fingerprint density at radius 2 is 2.38 bits per heavy atom. The van der Waals surface area contributed by atoms with E-state index in [4.69, 9.17) is 5.11 Å². The molecule has 0 bridgehead atoms. The fourth-order valence-electron chi connectivity index (χ4n) is 1.34. The smallest absolute Gasteiger partial charge is 0.303 e. The third kappa shape index (κ3) is 2.82. The van der Waals surface area contributed by atoms with Crippen LogP contribution in [-0.2, 0) is 11.2 Å². The zero-order chi connectivity index (χ0) is 11.5. The number of hydrogen-bond donors (Lipinski definition) is 3. The predicted molar refractivity (Wildman–Crippen MR) is 57.5 cm³/mol. The van der Waals surface area contributed by atoms with E-state index in [0.29, 0.717) is 17.6 Å². The number of anilines is 1. The molecule has 1 aliphatic rings. The van der Waals surface area contributed by atoms with Crippen LogP contribution in [0.3, 0.4) is 0 Å². The molecule has 0 amide bonds. The van der Waals surface area contributed by atoms with Gasteiger partial charge in [-0.05, 0) is 19.3 Å². The van der Waals surface area contributed by atoms with Crippen LogP contribution in [0.25, 0.3) is 0 Å². The van der Waals surface area contributed by atoms with Gasteiger partial charge in [-0.1, -0.05) is 0 Å². The van der Waals surface area contributed by atoms with E-state index in [1.807, 2.05) is 0 Å². The molecular formula is C10H13N3O3. The molecule has 0 aliphatic heterocycles. The normalized spacial score (nSPS) is 14.8. The van der Waals surface area contributed by atoms with Crippen molar-refractivity contribution in [2.24, 2.45) is 0 Å². The summed E-state index contributed by atoms with van der Waals surface area (Å²) in [6.07, 6.45) is 3.79. The number of hydrogen-bond acceptors (Lipinski definition) is 4. The number of carbonyl (C=O) groups is 1. The molecule has 0 spiro atoms. The molecule has 3 N–H and O–H groups in total. The SMILES string of the molecule is O=C(O)CCc1cnc(NC2CC2)[nH]c1=O. The Bertz CT molecular complexity index is 451. The number of nitrogens with zero attached hydrogens (tertiary/aromatic N) is 1. The lowest BCUT2D eigenvalue weighted by Gasteiger charge is -2.03. The third-order valence-electron chi connectivity index (χ3n) is 2.40. The van der Waals surface area contributed by atoms with Gasteiger partial charge < -0.3 is 10.4 Å². The minimum atomic E-state index is -0.917. The van der Waals surface area contributed by atoms with Crippen LogP contribution in [0, 0.1) is 0 Å². The zero-order valence-electron chi connectivity index (χ0n) is 8.69. The van der Waals surface area contributed by atoms with Crippen LogP contribution in [0.15, 0.2) is 11.0 Å². The number of nitrogens with one attached hydrogen (secondary N) is 2. The van der Waals surface area contributed by atoms with Gasteiger partial charge >= 0.3 is 5.97 Å². The summed E-state index contributed by atoms with van der Waals surface area (Å²) in [5.74, 6) is -0.453. The second kappa shape index (κ2) is 4.34. The average molecular weight is 223 g/mol. The Hall–Kier alpha value is -1.85. The predicted octanol–water partition coefficient (Wildman–Crippen LogP) is 0.361. The van der Waals surface area contributed by atoms with Crippen LogP contribution in [-0.4, -0.2) is 27.1 Å². The maximum Gasteiger partial charge on any atom is 0.303 e. The number of H-pyrrole nitrogens is 1. The summed E-state index contributed by atoms with van der Waals surface area (Å²) >= 11 is 0. The Kier molecular flexibility index (Phi) is 2.89. The molecule has 0 saturated heterocycles. The van der Waals surface area contributed by atoms with Crippen LogP contribution in [0.4, 0.5) is 5.95 Å². The quantitative estimate of drug-likeness (QED) is 0.670. The highest BCUT2D eigenvalue weighted by Crippen LogP contribution is 2.22. The standard InChI is InChI=1S/C10H13N3O3/c14-8(15)4-1-6-5-11-10(13-9(6)16)12-7-2-3-7/h5,7H,1-4H2,(H,14,15)(H2,11,12,13,16). The van der Waals surface area contributed by atoms with Gasteiger partial charge in [0.25, 0.3) is 5.56 Å². The fraction of sp³-hybridized carbons (Fsp3) is 0.500. The van der Waals surface area contributed by atoms with Gasteiger partial charge in [-0.2, -0.15) is 0 Å². The van der Waals surface area contributed by atoms with Crippen LogP contribution in [0.5, 0.6) is 0 Å². The van der Waals surface area contributed by atoms with Crippen molar-refractivity contribution >= 4 is 11.9 Å². The molecule has 6 heteroatoms. The molecule has 1 aromatic heterocycles. The van der Waals surface area contributed by atoms with Crippen LogP contribution >= 0.6 is 0 Å². The van der Waals surface area contributed by atoms with Crippen molar-refractivity contribution in [2.45, 2.75) is 31.7 Å². The third-order valence-corrected chi connectivity index (χ3v) is 2.40. The number of rotatable bonds is 5. The minimum Gasteiger partial charge on any atom is -0.481 e. The van der Waals surface area contributed by atoms with Gasteiger partial charge in [0.15, 0.2) is 0 Å². The molecule has 1 fully saturated rings. The van der Waals surface area contributed by atoms with Crippen molar-refractivity contribution < 1.29 is 9.90 Å². The van der Waals surface area contributed by atoms with Gasteiger partial charge in [0.05, 0.1) is 0 Å². The molecule has 0 atom stereocenters. The molecular weight excluding hydrogens is 210 g/mol. The van der Waals surface area contributed by atoms with Crippen molar-refractivity contribution in [1.82, 2.24) is 9.97 Å². The number of aromatic nitrogens is 2. The molecule has 2 rings (SSSR count). The Morgan fingerprint density at radius 1 is 1.62 bits per heavy atom. The van der Waals surface area contributed by atoms with Gasteiger partial charge in [-0.15, -0.1) is 0 Å². The van der Waals surface area contributed by atoms with Crippen molar-refractivity contribution in [1.29, 1.82) is 0 Å². The monoisotopic (exact) mass is 223 g/mol. The fourth-order valence-corrected chi connectivity index (χ4v) is 1.34. The molecule has 1 aromatic rings. The molecule has 86 valence electrons. The molecule has 6 nitrogen and oxygen atoms in total. The molecule has 16 heavy (non-hydrogen) atoms. The van der Waals surface area contributed by atoms with Crippen LogP contribution in [0.1, 0.15) is 24.8 Å². The van der Waals surface area contributed by atoms with E-state index in [1.54, 1.807) is 0 Å². The van der Waals surface area contributed by atoms with Crippen LogP contribution in [0.2, 0.25) is 0 Å². The first-order valence-electron chi connectivity index (χ1n) is 5.21. The second-order valence-corrected chi connectivity index (χ2v) is 3.90. The topological polar surface area (TPSA) is 95.1 Å². The molecule has 1 heterocycles. The number of aryl methyl sites for hydroxylation is 1. The Labute approximate surface area is 91.7 Å². The molecule has 0 aromatic carbocycles. The summed E-state index contributed by atoms with van der Waals surface area (Å²) in [6.45, 7) is 0. The summed E-state index contributed by atoms with van der Waals surface area (Å²) in [5.41, 5.74) is 0.142. The summed E-state index contributed by atoms with van der Waals surface area (Å²) in [7, 11) is 0. The Morgan fingerprint density at radius 3 is 2.94 bits per heavy atom. The first kappa shape index (κ1) is 10.7. The van der Waals surface area contributed by atoms with E-state index in [2.05, 4.69) is 15.3 Å². The molecule has 0 radical (unpaired) electrons. The lowest BCUT2D eigenvalue weighted by Crippen LogP contribution is -2.18. The minimum absolute atomic E-state index is 0.0554. The summed E-state index contributed by atoms with van der Waals surface area (Å²) < 4.78 is 0. The highest BCUT2D eigenvalue weighted by atomic mass is 16.4. The summed E-state index contributed by atoms with van der Waals surface area (Å²) in [6, 6.07) is 0.424. The lowest BCUT2D eigenvalue weighted by atomic mass is 10.2. The summed E-state index contributed by atoms with van der Waals surface area (Å²) in [4.78, 5) is 28.5. The van der Waals surface area contributed by atoms with Gasteiger partial charge in [0.1, 0.15) is 0 Å². The maximum absolute atomic E-state index is 11.5. The number of carboxylic acids is 1. The van der Waals surface area contributed by atoms with Crippen LogP contribution < -0.4 is 10.9 Å².